The van der Waals surface area contributed by atoms with Crippen molar-refractivity contribution < 1.29 is 38.4 Å². The fraction of sp³-hybridized carbons (Fsp3) is 0.774. The molecule has 0 atom stereocenters. The maximum atomic E-state index is 12.9. The van der Waals surface area contributed by atoms with E-state index in [1.807, 2.05) is 0 Å². The number of rotatable bonds is 25. The first-order chi connectivity index (χ1) is 18.9. The van der Waals surface area contributed by atoms with Crippen molar-refractivity contribution in [3.63, 3.8) is 0 Å². The van der Waals surface area contributed by atoms with Gasteiger partial charge in [-0.1, -0.05) is 105 Å². The van der Waals surface area contributed by atoms with Gasteiger partial charge in [-0.3, -0.25) is 0 Å². The molecule has 0 radical (unpaired) electrons. The van der Waals surface area contributed by atoms with Crippen LogP contribution in [0.1, 0.15) is 130 Å². The standard InChI is InChI=1S/C31H54O8/c1-5-9-13-17-21-36-28(32)26(29(33)37-22-18-14-10-6-2)25-27(30(34)38-23-19-15-11-7-3)31(35)39-24-20-16-12-8-4/h25,32H,5-24H2,1-4H3/p-1/b28-26+. The summed E-state index contributed by atoms with van der Waals surface area (Å²) in [6.07, 6.45) is 15.2. The number of carbonyl (C=O) groups is 3. The van der Waals surface area contributed by atoms with Crippen molar-refractivity contribution in [1.29, 1.82) is 0 Å². The molecule has 0 aliphatic rings. The molecule has 0 aromatic carbocycles. The highest BCUT2D eigenvalue weighted by Gasteiger charge is 2.25. The Balaban J connectivity index is 5.80. The molecule has 0 amide bonds. The minimum absolute atomic E-state index is 0.124. The van der Waals surface area contributed by atoms with Crippen molar-refractivity contribution >= 4 is 17.9 Å². The molecule has 0 heterocycles. The summed E-state index contributed by atoms with van der Waals surface area (Å²) in [5.74, 6) is -3.74. The third-order valence-electron chi connectivity index (χ3n) is 6.09. The Morgan fingerprint density at radius 3 is 1.18 bits per heavy atom. The lowest BCUT2D eigenvalue weighted by Crippen LogP contribution is -2.23. The zero-order chi connectivity index (χ0) is 29.1. The number of carbonyl (C=O) groups excluding carboxylic acids is 3. The summed E-state index contributed by atoms with van der Waals surface area (Å²) in [6, 6.07) is 0. The third kappa shape index (κ3) is 19.2. The molecule has 0 rings (SSSR count). The highest BCUT2D eigenvalue weighted by Crippen LogP contribution is 2.15. The van der Waals surface area contributed by atoms with Crippen LogP contribution in [0.4, 0.5) is 0 Å². The fourth-order valence-electron chi connectivity index (χ4n) is 3.63. The minimum Gasteiger partial charge on any atom is -0.613 e. The molecule has 0 saturated heterocycles. The van der Waals surface area contributed by atoms with Crippen molar-refractivity contribution in [3.05, 3.63) is 23.2 Å². The summed E-state index contributed by atoms with van der Waals surface area (Å²) in [5.41, 5.74) is -1.02. The van der Waals surface area contributed by atoms with Crippen LogP contribution in [0.3, 0.4) is 0 Å². The van der Waals surface area contributed by atoms with Crippen molar-refractivity contribution in [1.82, 2.24) is 0 Å². The highest BCUT2D eigenvalue weighted by atomic mass is 16.6. The lowest BCUT2D eigenvalue weighted by atomic mass is 10.1. The molecule has 8 nitrogen and oxygen atoms in total. The quantitative estimate of drug-likeness (QED) is 0.0185. The Hall–Kier alpha value is -2.51. The Morgan fingerprint density at radius 2 is 0.821 bits per heavy atom. The molecule has 0 aliphatic carbocycles. The lowest BCUT2D eigenvalue weighted by molar-refractivity contribution is -0.358. The minimum atomic E-state index is -0.936. The predicted molar refractivity (Wildman–Crippen MR) is 151 cm³/mol. The molecule has 0 aliphatic heterocycles. The van der Waals surface area contributed by atoms with Gasteiger partial charge in [-0.25, -0.2) is 14.4 Å². The van der Waals surface area contributed by atoms with Crippen LogP contribution < -0.4 is 5.11 Å². The van der Waals surface area contributed by atoms with Crippen molar-refractivity contribution in [2.24, 2.45) is 0 Å². The molecule has 8 heteroatoms. The predicted octanol–water partition coefficient (Wildman–Crippen LogP) is 6.45. The zero-order valence-electron chi connectivity index (χ0n) is 25.0. The SMILES string of the molecule is CCCCCCOC(=O)C(=C/C(C(=O)OCCCCCC)=C(/[O-])OCCCCCC)C(=O)OCCCCCC. The summed E-state index contributed by atoms with van der Waals surface area (Å²) >= 11 is 0. The van der Waals surface area contributed by atoms with E-state index in [0.717, 1.165) is 83.1 Å². The molecule has 0 fully saturated rings. The van der Waals surface area contributed by atoms with E-state index in [0.29, 0.717) is 25.7 Å². The first-order valence-corrected chi connectivity index (χ1v) is 15.2. The van der Waals surface area contributed by atoms with E-state index in [1.54, 1.807) is 0 Å². The van der Waals surface area contributed by atoms with Gasteiger partial charge in [-0.15, -0.1) is 0 Å². The normalized spacial score (nSPS) is 11.4. The van der Waals surface area contributed by atoms with Gasteiger partial charge in [0, 0.05) is 0 Å². The van der Waals surface area contributed by atoms with Gasteiger partial charge in [-0.2, -0.15) is 0 Å². The van der Waals surface area contributed by atoms with E-state index in [4.69, 9.17) is 18.9 Å². The van der Waals surface area contributed by atoms with Crippen LogP contribution in [-0.2, 0) is 33.3 Å². The largest absolute Gasteiger partial charge is 0.613 e. The van der Waals surface area contributed by atoms with Gasteiger partial charge < -0.3 is 24.1 Å². The number of hydrogen-bond donors (Lipinski definition) is 0. The van der Waals surface area contributed by atoms with E-state index < -0.39 is 35.0 Å². The summed E-state index contributed by atoms with van der Waals surface area (Å²) in [6.45, 7) is 8.80. The van der Waals surface area contributed by atoms with E-state index in [9.17, 15) is 19.5 Å². The van der Waals surface area contributed by atoms with Gasteiger partial charge in [-0.05, 0) is 38.4 Å². The smallest absolute Gasteiger partial charge is 0.345 e. The number of unbranched alkanes of at least 4 members (excludes halogenated alkanes) is 12. The Bertz CT molecular complexity index is 698. The van der Waals surface area contributed by atoms with Crippen molar-refractivity contribution in [2.45, 2.75) is 130 Å². The molecular weight excluding hydrogens is 500 g/mol. The fourth-order valence-corrected chi connectivity index (χ4v) is 3.63. The molecule has 0 saturated carbocycles. The first-order valence-electron chi connectivity index (χ1n) is 15.2. The molecule has 0 bridgehead atoms. The molecule has 0 aromatic heterocycles. The summed E-state index contributed by atoms with van der Waals surface area (Å²) in [5, 5.41) is 12.9. The summed E-state index contributed by atoms with van der Waals surface area (Å²) in [4.78, 5) is 38.7. The third-order valence-corrected chi connectivity index (χ3v) is 6.09. The maximum Gasteiger partial charge on any atom is 0.345 e. The van der Waals surface area contributed by atoms with E-state index in [1.165, 1.54) is 0 Å². The second-order valence-electron chi connectivity index (χ2n) is 9.76. The molecule has 226 valence electrons. The summed E-state index contributed by atoms with van der Waals surface area (Å²) in [7, 11) is 0. The summed E-state index contributed by atoms with van der Waals surface area (Å²) < 4.78 is 21.2. The molecule has 0 aromatic rings. The van der Waals surface area contributed by atoms with Gasteiger partial charge in [0.25, 0.3) is 0 Å². The highest BCUT2D eigenvalue weighted by molar-refractivity contribution is 6.15. The number of esters is 3. The van der Waals surface area contributed by atoms with E-state index in [-0.39, 0.29) is 26.4 Å². The maximum absolute atomic E-state index is 12.9. The molecular formula is C31H53O8-. The van der Waals surface area contributed by atoms with Crippen LogP contribution >= 0.6 is 0 Å². The average Bonchev–Trinajstić information content (AvgIpc) is 2.92. The van der Waals surface area contributed by atoms with Crippen LogP contribution in [0.15, 0.2) is 23.2 Å². The average molecular weight is 554 g/mol. The zero-order valence-corrected chi connectivity index (χ0v) is 25.0. The molecule has 0 spiro atoms. The monoisotopic (exact) mass is 553 g/mol. The second-order valence-corrected chi connectivity index (χ2v) is 9.76. The number of ether oxygens (including phenoxy) is 4. The Kier molecular flexibility index (Phi) is 24.1. The van der Waals surface area contributed by atoms with Gasteiger partial charge >= 0.3 is 17.9 Å². The van der Waals surface area contributed by atoms with Gasteiger partial charge in [0.15, 0.2) is 0 Å². The second kappa shape index (κ2) is 25.8. The van der Waals surface area contributed by atoms with Gasteiger partial charge in [0.05, 0.1) is 31.3 Å². The van der Waals surface area contributed by atoms with E-state index in [2.05, 4.69) is 27.7 Å². The van der Waals surface area contributed by atoms with Gasteiger partial charge in [0.1, 0.15) is 5.57 Å². The van der Waals surface area contributed by atoms with Gasteiger partial charge in [0.2, 0.25) is 0 Å². The first kappa shape index (κ1) is 36.5. The molecule has 0 unspecified atom stereocenters. The van der Waals surface area contributed by atoms with Crippen LogP contribution in [0.5, 0.6) is 0 Å². The van der Waals surface area contributed by atoms with E-state index >= 15 is 0 Å². The van der Waals surface area contributed by atoms with Crippen LogP contribution in [-0.4, -0.2) is 44.3 Å². The molecule has 0 N–H and O–H groups in total. The van der Waals surface area contributed by atoms with Crippen LogP contribution in [0.2, 0.25) is 0 Å². The van der Waals surface area contributed by atoms with Crippen LogP contribution in [0, 0.1) is 0 Å². The topological polar surface area (TPSA) is 111 Å². The lowest BCUT2D eigenvalue weighted by Gasteiger charge is -2.19. The Morgan fingerprint density at radius 1 is 0.487 bits per heavy atom. The van der Waals surface area contributed by atoms with Crippen molar-refractivity contribution in [2.75, 3.05) is 26.4 Å². The molecule has 39 heavy (non-hydrogen) atoms. The Labute approximate surface area is 236 Å². The number of hydrogen-bond acceptors (Lipinski definition) is 8. The van der Waals surface area contributed by atoms with Crippen molar-refractivity contribution in [3.8, 4) is 0 Å². The van der Waals surface area contributed by atoms with Crippen LogP contribution in [0.25, 0.3) is 0 Å².